The molecule has 0 saturated heterocycles. The summed E-state index contributed by atoms with van der Waals surface area (Å²) in [6.45, 7) is 0.670. The summed E-state index contributed by atoms with van der Waals surface area (Å²) in [5.74, 6) is 1.35. The number of nitrogens with one attached hydrogen (secondary N) is 6. The average molecular weight is 1060 g/mol. The van der Waals surface area contributed by atoms with E-state index in [0.717, 1.165) is 9.79 Å². The second kappa shape index (κ2) is 22.8. The smallest absolute Gasteiger partial charge is 0.235 e. The van der Waals surface area contributed by atoms with Gasteiger partial charge in [0.05, 0.1) is 91.6 Å². The maximum atomic E-state index is 13.0. The number of nitrogens with zero attached hydrogens (tertiary/aromatic N) is 6. The highest BCUT2D eigenvalue weighted by Crippen LogP contribution is 2.36. The van der Waals surface area contributed by atoms with Gasteiger partial charge in [0.15, 0.2) is 0 Å². The summed E-state index contributed by atoms with van der Waals surface area (Å²) < 4.78 is 10.4. The van der Waals surface area contributed by atoms with E-state index in [1.807, 2.05) is 0 Å². The number of methoxy groups -OCH3 is 2. The lowest BCUT2D eigenvalue weighted by molar-refractivity contribution is -0.123. The van der Waals surface area contributed by atoms with Crippen LogP contribution in [0.4, 0.5) is 23.0 Å². The summed E-state index contributed by atoms with van der Waals surface area (Å²) in [7, 11) is 3.06. The number of aliphatic hydroxyl groups is 2. The van der Waals surface area contributed by atoms with Crippen LogP contribution in [0.1, 0.15) is 49.9 Å². The third-order valence-electron chi connectivity index (χ3n) is 12.7. The van der Waals surface area contributed by atoms with E-state index in [1.165, 1.54) is 37.7 Å². The van der Waals surface area contributed by atoms with E-state index in [1.54, 1.807) is 60.9 Å². The first-order valence-electron chi connectivity index (χ1n) is 23.1. The van der Waals surface area contributed by atoms with Crippen LogP contribution in [-0.4, -0.2) is 114 Å². The molecular weight excluding hydrogens is 1010 g/mol. The SMILES string of the molecule is COc1ccc2nccc(NC(=O)[C@@H]3CC[C@@H](NCc4nc5c(cc4Cl)SCC(=O)N5)[C@H](O)C3)c2n1.COc1ccc2nccc(NC(=O)[C@H]3CC[C@H](NCc4nc5c(cc4Cl)SCC(=O)N5)[C@@H](O)C3)c2n1. The molecule has 2 aliphatic carbocycles. The molecule has 0 bridgehead atoms. The average Bonchev–Trinajstić information content (AvgIpc) is 3.38. The number of aromatic nitrogens is 6. The molecule has 8 N–H and O–H groups in total. The molecule has 6 aromatic rings. The van der Waals surface area contributed by atoms with Crippen molar-refractivity contribution in [1.82, 2.24) is 40.5 Å². The predicted octanol–water partition coefficient (Wildman–Crippen LogP) is 5.98. The van der Waals surface area contributed by atoms with Gasteiger partial charge in [-0.25, -0.2) is 19.9 Å². The molecule has 2 aliphatic heterocycles. The van der Waals surface area contributed by atoms with E-state index in [-0.39, 0.29) is 47.5 Å². The first-order chi connectivity index (χ1) is 34.8. The van der Waals surface area contributed by atoms with Gasteiger partial charge in [0, 0.05) is 61.5 Å². The van der Waals surface area contributed by atoms with Crippen LogP contribution in [0.25, 0.3) is 22.1 Å². The lowest BCUT2D eigenvalue weighted by atomic mass is 9.83. The Hall–Kier alpha value is -5.98. The van der Waals surface area contributed by atoms with Crippen LogP contribution in [0.5, 0.6) is 11.8 Å². The minimum Gasteiger partial charge on any atom is -0.481 e. The molecule has 376 valence electrons. The Kier molecular flexibility index (Phi) is 16.2. The normalized spacial score (nSPS) is 21.5. The topological polar surface area (TPSA) is 277 Å². The Balaban J connectivity index is 0.000000178. The zero-order valence-electron chi connectivity index (χ0n) is 38.9. The van der Waals surface area contributed by atoms with Crippen molar-refractivity contribution in [2.24, 2.45) is 11.8 Å². The Morgan fingerprint density at radius 2 is 1.08 bits per heavy atom. The molecule has 2 saturated carbocycles. The lowest BCUT2D eigenvalue weighted by Crippen LogP contribution is -2.46. The van der Waals surface area contributed by atoms with E-state index < -0.39 is 12.2 Å². The minimum absolute atomic E-state index is 0.0945. The molecule has 6 aromatic heterocycles. The quantitative estimate of drug-likeness (QED) is 0.0700. The van der Waals surface area contributed by atoms with Gasteiger partial charge < -0.3 is 51.6 Å². The summed E-state index contributed by atoms with van der Waals surface area (Å²) in [5.41, 5.74) is 4.68. The third-order valence-corrected chi connectivity index (χ3v) is 15.5. The van der Waals surface area contributed by atoms with Crippen LogP contribution in [0, 0.1) is 11.8 Å². The van der Waals surface area contributed by atoms with Crippen molar-refractivity contribution in [2.45, 2.75) is 85.7 Å². The second-order valence-corrected chi connectivity index (χ2v) is 20.3. The fourth-order valence-electron chi connectivity index (χ4n) is 8.91. The van der Waals surface area contributed by atoms with E-state index in [0.29, 0.717) is 141 Å². The monoisotopic (exact) mass is 1060 g/mol. The van der Waals surface area contributed by atoms with Gasteiger partial charge in [0.2, 0.25) is 35.4 Å². The number of halogens is 2. The number of hydrogen-bond acceptors (Lipinski definition) is 18. The molecule has 4 amide bonds. The Labute approximate surface area is 431 Å². The Morgan fingerprint density at radius 3 is 1.49 bits per heavy atom. The first-order valence-corrected chi connectivity index (χ1v) is 25.8. The van der Waals surface area contributed by atoms with Crippen molar-refractivity contribution >= 4 is 115 Å². The number of anilines is 4. The molecule has 2 fully saturated rings. The van der Waals surface area contributed by atoms with Gasteiger partial charge in [-0.3, -0.25) is 29.1 Å². The number of carbonyl (C=O) groups excluding carboxylic acids is 4. The fourth-order valence-corrected chi connectivity index (χ4v) is 11.1. The number of rotatable bonds is 12. The van der Waals surface area contributed by atoms with Gasteiger partial charge in [-0.1, -0.05) is 23.2 Å². The highest BCUT2D eigenvalue weighted by atomic mass is 35.5. The van der Waals surface area contributed by atoms with E-state index in [4.69, 9.17) is 32.7 Å². The molecule has 72 heavy (non-hydrogen) atoms. The molecule has 0 unspecified atom stereocenters. The molecule has 10 rings (SSSR count). The molecule has 4 aliphatic rings. The van der Waals surface area contributed by atoms with Crippen LogP contribution >= 0.6 is 46.7 Å². The van der Waals surface area contributed by atoms with Crippen molar-refractivity contribution < 1.29 is 38.9 Å². The summed E-state index contributed by atoms with van der Waals surface area (Å²) >= 11 is 15.6. The standard InChI is InChI=1S/2C24H25ClN6O4S/c2*1-35-21-5-4-15-22(31-21)16(6-7-26-15)29-24(34)12-2-3-14(18(32)8-12)27-10-17-13(25)9-19-23(28-17)30-20(33)11-36-19/h2*4-7,9,12,14,18,27,32H,2-3,8,10-11H2,1H3,(H,26,29,34)(H,28,30,33)/t2*12-,14-,18-/m10/s1. The summed E-state index contributed by atoms with van der Waals surface area (Å²) in [5, 5.41) is 40.6. The molecule has 0 aromatic carbocycles. The van der Waals surface area contributed by atoms with Gasteiger partial charge in [-0.15, -0.1) is 23.5 Å². The van der Waals surface area contributed by atoms with Gasteiger partial charge in [-0.05, 0) is 74.9 Å². The van der Waals surface area contributed by atoms with Crippen LogP contribution in [0.15, 0.2) is 70.7 Å². The zero-order chi connectivity index (χ0) is 50.5. The number of hydrogen-bond donors (Lipinski definition) is 8. The molecule has 6 atom stereocenters. The largest absolute Gasteiger partial charge is 0.481 e. The van der Waals surface area contributed by atoms with Crippen molar-refractivity contribution in [3.8, 4) is 11.8 Å². The number of amides is 4. The second-order valence-electron chi connectivity index (χ2n) is 17.5. The summed E-state index contributed by atoms with van der Waals surface area (Å²) in [4.78, 5) is 77.4. The summed E-state index contributed by atoms with van der Waals surface area (Å²) in [6, 6.07) is 13.6. The number of thioether (sulfide) groups is 2. The van der Waals surface area contributed by atoms with E-state index in [2.05, 4.69) is 61.8 Å². The van der Waals surface area contributed by atoms with Crippen molar-refractivity contribution in [3.05, 3.63) is 82.4 Å². The third kappa shape index (κ3) is 11.9. The number of fused-ring (bicyclic) bond motifs is 4. The van der Waals surface area contributed by atoms with Gasteiger partial charge >= 0.3 is 0 Å². The van der Waals surface area contributed by atoms with E-state index >= 15 is 0 Å². The van der Waals surface area contributed by atoms with Gasteiger partial charge in [0.1, 0.15) is 22.7 Å². The van der Waals surface area contributed by atoms with Crippen molar-refractivity contribution in [1.29, 1.82) is 0 Å². The van der Waals surface area contributed by atoms with Crippen molar-refractivity contribution in [2.75, 3.05) is 47.0 Å². The predicted molar refractivity (Wildman–Crippen MR) is 275 cm³/mol. The number of ether oxygens (including phenoxy) is 2. The molecule has 0 spiro atoms. The summed E-state index contributed by atoms with van der Waals surface area (Å²) in [6.07, 6.45) is 4.88. The highest BCUT2D eigenvalue weighted by Gasteiger charge is 2.35. The lowest BCUT2D eigenvalue weighted by Gasteiger charge is -2.33. The molecule has 8 heterocycles. The Morgan fingerprint density at radius 1 is 0.653 bits per heavy atom. The maximum absolute atomic E-state index is 13.0. The zero-order valence-corrected chi connectivity index (χ0v) is 42.1. The van der Waals surface area contributed by atoms with Crippen molar-refractivity contribution in [3.63, 3.8) is 0 Å². The van der Waals surface area contributed by atoms with Crippen LogP contribution < -0.4 is 41.4 Å². The fraction of sp³-hybridized carbons (Fsp3) is 0.375. The number of carbonyl (C=O) groups is 4. The molecule has 20 nitrogen and oxygen atoms in total. The highest BCUT2D eigenvalue weighted by molar-refractivity contribution is 8.00. The first kappa shape index (κ1) is 50.9. The maximum Gasteiger partial charge on any atom is 0.235 e. The molecule has 0 radical (unpaired) electrons. The number of pyridine rings is 6. The van der Waals surface area contributed by atoms with Crippen LogP contribution in [0.3, 0.4) is 0 Å². The van der Waals surface area contributed by atoms with Crippen LogP contribution in [0.2, 0.25) is 10.0 Å². The minimum atomic E-state index is -0.714. The number of aliphatic hydroxyl groups excluding tert-OH is 2. The van der Waals surface area contributed by atoms with E-state index in [9.17, 15) is 29.4 Å². The molecule has 24 heteroatoms. The Bertz CT molecular complexity index is 2850. The van der Waals surface area contributed by atoms with Gasteiger partial charge in [0.25, 0.3) is 0 Å². The molecular formula is C48H50Cl2N12O8S2. The van der Waals surface area contributed by atoms with Gasteiger partial charge in [-0.2, -0.15) is 0 Å². The van der Waals surface area contributed by atoms with Crippen LogP contribution in [-0.2, 0) is 32.3 Å².